The van der Waals surface area contributed by atoms with Crippen LogP contribution in [0.15, 0.2) is 5.22 Å². The largest absolute Gasteiger partial charge is 0.279 e. The maximum Gasteiger partial charge on any atom is 0.0377 e. The Labute approximate surface area is 49.2 Å². The summed E-state index contributed by atoms with van der Waals surface area (Å²) in [6, 6.07) is 0. The molecule has 1 rings (SSSR count). The molecule has 1 saturated heterocycles. The van der Waals surface area contributed by atoms with Crippen LogP contribution in [-0.4, -0.2) is 18.1 Å². The fourth-order valence-corrected chi connectivity index (χ4v) is 0.977. The lowest BCUT2D eigenvalue weighted by Gasteiger charge is -2.20. The van der Waals surface area contributed by atoms with Gasteiger partial charge in [-0.2, -0.15) is 5.53 Å². The van der Waals surface area contributed by atoms with Crippen molar-refractivity contribution in [2.24, 2.45) is 5.22 Å². The Morgan fingerprint density at radius 3 is 2.12 bits per heavy atom. The van der Waals surface area contributed by atoms with Crippen molar-refractivity contribution in [3.8, 4) is 0 Å². The molecule has 0 spiro atoms. The van der Waals surface area contributed by atoms with Crippen molar-refractivity contribution in [1.82, 2.24) is 5.01 Å². The predicted molar refractivity (Wildman–Crippen MR) is 30.6 cm³/mol. The van der Waals surface area contributed by atoms with Gasteiger partial charge < -0.3 is 0 Å². The second-order valence-corrected chi connectivity index (χ2v) is 2.11. The third kappa shape index (κ3) is 1.18. The van der Waals surface area contributed by atoms with E-state index in [0.29, 0.717) is 0 Å². The number of nitrogens with one attached hydrogen (secondary N) is 1. The van der Waals surface area contributed by atoms with E-state index in [-0.39, 0.29) is 0 Å². The zero-order chi connectivity index (χ0) is 5.82. The van der Waals surface area contributed by atoms with Crippen molar-refractivity contribution < 1.29 is 0 Å². The first-order chi connectivity index (χ1) is 3.93. The first-order valence-electron chi connectivity index (χ1n) is 3.06. The van der Waals surface area contributed by atoms with Crippen LogP contribution < -0.4 is 0 Å². The third-order valence-electron chi connectivity index (χ3n) is 1.47. The van der Waals surface area contributed by atoms with Gasteiger partial charge in [0.15, 0.2) is 0 Å². The quantitative estimate of drug-likeness (QED) is 0.513. The van der Waals surface area contributed by atoms with E-state index in [4.69, 9.17) is 5.53 Å². The standard InChI is InChI=1S/C5H11N3/c6-7-8-4-2-1-3-5-8/h6H,1-5H2. The van der Waals surface area contributed by atoms with Crippen molar-refractivity contribution in [3.63, 3.8) is 0 Å². The SMILES string of the molecule is N=NN1CCCCC1. The van der Waals surface area contributed by atoms with Crippen molar-refractivity contribution in [2.45, 2.75) is 19.3 Å². The van der Waals surface area contributed by atoms with Gasteiger partial charge in [0, 0.05) is 13.1 Å². The average molecular weight is 113 g/mol. The molecule has 0 unspecified atom stereocenters. The first kappa shape index (κ1) is 5.54. The van der Waals surface area contributed by atoms with E-state index < -0.39 is 0 Å². The molecule has 1 fully saturated rings. The number of rotatable bonds is 1. The number of piperidine rings is 1. The summed E-state index contributed by atoms with van der Waals surface area (Å²) in [5.74, 6) is 0. The van der Waals surface area contributed by atoms with Crippen LogP contribution in [0, 0.1) is 5.53 Å². The Morgan fingerprint density at radius 2 is 1.75 bits per heavy atom. The van der Waals surface area contributed by atoms with E-state index in [1.165, 1.54) is 19.3 Å². The summed E-state index contributed by atoms with van der Waals surface area (Å²) >= 11 is 0. The second-order valence-electron chi connectivity index (χ2n) is 2.11. The molecule has 3 heteroatoms. The topological polar surface area (TPSA) is 39.5 Å². The highest BCUT2D eigenvalue weighted by Gasteiger charge is 2.05. The highest BCUT2D eigenvalue weighted by atomic mass is 15.5. The summed E-state index contributed by atoms with van der Waals surface area (Å²) in [4.78, 5) is 0. The van der Waals surface area contributed by atoms with Crippen LogP contribution >= 0.6 is 0 Å². The van der Waals surface area contributed by atoms with Crippen LogP contribution in [0.1, 0.15) is 19.3 Å². The summed E-state index contributed by atoms with van der Waals surface area (Å²) in [5.41, 5.74) is 6.65. The molecule has 0 aromatic rings. The van der Waals surface area contributed by atoms with Gasteiger partial charge in [0.2, 0.25) is 0 Å². The van der Waals surface area contributed by atoms with Gasteiger partial charge in [0.25, 0.3) is 0 Å². The molecule has 0 aromatic carbocycles. The minimum atomic E-state index is 0.990. The van der Waals surface area contributed by atoms with Crippen LogP contribution in [0.5, 0.6) is 0 Å². The van der Waals surface area contributed by atoms with Gasteiger partial charge in [-0.3, -0.25) is 5.01 Å². The van der Waals surface area contributed by atoms with E-state index in [1.807, 2.05) is 5.01 Å². The van der Waals surface area contributed by atoms with E-state index >= 15 is 0 Å². The molecule has 0 bridgehead atoms. The molecule has 1 aliphatic heterocycles. The maximum atomic E-state index is 6.65. The minimum absolute atomic E-state index is 0.990. The number of nitrogens with zero attached hydrogens (tertiary/aromatic N) is 2. The Hall–Kier alpha value is -0.600. The lowest BCUT2D eigenvalue weighted by molar-refractivity contribution is 0.217. The van der Waals surface area contributed by atoms with Crippen LogP contribution in [0.2, 0.25) is 0 Å². The average Bonchev–Trinajstić information content (AvgIpc) is 1.90. The molecule has 3 nitrogen and oxygen atoms in total. The summed E-state index contributed by atoms with van der Waals surface area (Å²) in [7, 11) is 0. The monoisotopic (exact) mass is 113 g/mol. The van der Waals surface area contributed by atoms with Crippen molar-refractivity contribution in [3.05, 3.63) is 0 Å². The van der Waals surface area contributed by atoms with Crippen molar-refractivity contribution >= 4 is 0 Å². The van der Waals surface area contributed by atoms with Gasteiger partial charge in [-0.25, -0.2) is 0 Å². The fraction of sp³-hybridized carbons (Fsp3) is 1.00. The highest BCUT2D eigenvalue weighted by molar-refractivity contribution is 4.57. The molecule has 0 aromatic heterocycles. The highest BCUT2D eigenvalue weighted by Crippen LogP contribution is 2.07. The van der Waals surface area contributed by atoms with E-state index in [9.17, 15) is 0 Å². The van der Waals surface area contributed by atoms with Crippen LogP contribution in [0.25, 0.3) is 0 Å². The lowest BCUT2D eigenvalue weighted by atomic mass is 10.2. The molecule has 1 aliphatic rings. The predicted octanol–water partition coefficient (Wildman–Crippen LogP) is 1.42. The second kappa shape index (κ2) is 2.64. The van der Waals surface area contributed by atoms with E-state index in [0.717, 1.165) is 13.1 Å². The van der Waals surface area contributed by atoms with Gasteiger partial charge in [-0.1, -0.05) is 5.22 Å². The number of hydrogen-bond acceptors (Lipinski definition) is 2. The van der Waals surface area contributed by atoms with Crippen LogP contribution in [-0.2, 0) is 0 Å². The molecule has 0 saturated carbocycles. The van der Waals surface area contributed by atoms with E-state index in [2.05, 4.69) is 5.22 Å². The van der Waals surface area contributed by atoms with Gasteiger partial charge in [0.1, 0.15) is 0 Å². The normalized spacial score (nSPS) is 20.8. The lowest BCUT2D eigenvalue weighted by Crippen LogP contribution is -2.23. The third-order valence-corrected chi connectivity index (χ3v) is 1.47. The van der Waals surface area contributed by atoms with Crippen molar-refractivity contribution in [2.75, 3.05) is 13.1 Å². The zero-order valence-electron chi connectivity index (χ0n) is 4.93. The minimum Gasteiger partial charge on any atom is -0.279 e. The maximum absolute atomic E-state index is 6.65. The molecular weight excluding hydrogens is 102 g/mol. The van der Waals surface area contributed by atoms with Gasteiger partial charge in [0.05, 0.1) is 0 Å². The number of hydrogen-bond donors (Lipinski definition) is 1. The first-order valence-corrected chi connectivity index (χ1v) is 3.06. The summed E-state index contributed by atoms with van der Waals surface area (Å²) in [6.07, 6.45) is 3.73. The van der Waals surface area contributed by atoms with E-state index in [1.54, 1.807) is 0 Å². The molecule has 0 amide bonds. The van der Waals surface area contributed by atoms with Crippen molar-refractivity contribution in [1.29, 1.82) is 5.53 Å². The molecule has 1 N–H and O–H groups in total. The molecule has 1 heterocycles. The molecule has 0 atom stereocenters. The van der Waals surface area contributed by atoms with Gasteiger partial charge >= 0.3 is 0 Å². The zero-order valence-corrected chi connectivity index (χ0v) is 4.93. The summed E-state index contributed by atoms with van der Waals surface area (Å²) in [5, 5.41) is 5.14. The molecule has 8 heavy (non-hydrogen) atoms. The molecular formula is C5H11N3. The summed E-state index contributed by atoms with van der Waals surface area (Å²) < 4.78 is 0. The Bertz CT molecular complexity index is 75.7. The summed E-state index contributed by atoms with van der Waals surface area (Å²) in [6.45, 7) is 1.98. The Morgan fingerprint density at radius 1 is 1.12 bits per heavy atom. The van der Waals surface area contributed by atoms with Crippen LogP contribution in [0.3, 0.4) is 0 Å². The molecule has 0 radical (unpaired) electrons. The Kier molecular flexibility index (Phi) is 1.83. The Balaban J connectivity index is 2.22. The van der Waals surface area contributed by atoms with Gasteiger partial charge in [-0.05, 0) is 19.3 Å². The molecule has 46 valence electrons. The smallest absolute Gasteiger partial charge is 0.0377 e. The van der Waals surface area contributed by atoms with Gasteiger partial charge in [-0.15, -0.1) is 0 Å². The fourth-order valence-electron chi connectivity index (χ4n) is 0.977. The molecule has 0 aliphatic carbocycles. The van der Waals surface area contributed by atoms with Crippen LogP contribution in [0.4, 0.5) is 0 Å².